The molecule has 122 valence electrons. The summed E-state index contributed by atoms with van der Waals surface area (Å²) in [7, 11) is 0. The zero-order valence-electron chi connectivity index (χ0n) is 13.5. The van der Waals surface area contributed by atoms with Gasteiger partial charge in [0.05, 0.1) is 0 Å². The third-order valence-corrected chi connectivity index (χ3v) is 6.02. The molecule has 0 bridgehead atoms. The first-order valence-electron chi connectivity index (χ1n) is 8.55. The SMILES string of the molecule is CCCCc1ccc(CN2CCC3(CC2)NCCNC3=O)s1. The maximum atomic E-state index is 12.1. The minimum absolute atomic E-state index is 0.205. The second-order valence-electron chi connectivity index (χ2n) is 6.51. The van der Waals surface area contributed by atoms with E-state index in [0.717, 1.165) is 45.6 Å². The van der Waals surface area contributed by atoms with Crippen molar-refractivity contribution < 1.29 is 4.79 Å². The Hall–Kier alpha value is -0.910. The van der Waals surface area contributed by atoms with Crippen LogP contribution in [0.2, 0.25) is 0 Å². The first-order chi connectivity index (χ1) is 10.7. The first kappa shape index (κ1) is 16.0. The van der Waals surface area contributed by atoms with Crippen LogP contribution in [0.5, 0.6) is 0 Å². The van der Waals surface area contributed by atoms with Crippen LogP contribution in [0, 0.1) is 0 Å². The Kier molecular flexibility index (Phi) is 5.16. The Morgan fingerprint density at radius 3 is 2.73 bits per heavy atom. The van der Waals surface area contributed by atoms with Crippen LogP contribution in [0.4, 0.5) is 0 Å². The van der Waals surface area contributed by atoms with Gasteiger partial charge in [0.25, 0.3) is 0 Å². The van der Waals surface area contributed by atoms with Crippen molar-refractivity contribution in [1.29, 1.82) is 0 Å². The summed E-state index contributed by atoms with van der Waals surface area (Å²) in [6, 6.07) is 4.57. The predicted molar refractivity (Wildman–Crippen MR) is 91.2 cm³/mol. The molecule has 2 aliphatic heterocycles. The van der Waals surface area contributed by atoms with Crippen molar-refractivity contribution in [3.8, 4) is 0 Å². The van der Waals surface area contributed by atoms with Gasteiger partial charge in [-0.2, -0.15) is 0 Å². The second-order valence-corrected chi connectivity index (χ2v) is 7.77. The molecule has 0 aromatic carbocycles. The van der Waals surface area contributed by atoms with Crippen molar-refractivity contribution in [2.45, 2.75) is 51.1 Å². The van der Waals surface area contributed by atoms with Crippen LogP contribution in [0.3, 0.4) is 0 Å². The lowest BCUT2D eigenvalue weighted by Gasteiger charge is -2.43. The maximum Gasteiger partial charge on any atom is 0.240 e. The molecule has 1 aromatic rings. The van der Waals surface area contributed by atoms with Crippen LogP contribution in [0.1, 0.15) is 42.4 Å². The molecule has 1 aromatic heterocycles. The van der Waals surface area contributed by atoms with Gasteiger partial charge in [0, 0.05) is 42.5 Å². The van der Waals surface area contributed by atoms with Crippen molar-refractivity contribution in [1.82, 2.24) is 15.5 Å². The van der Waals surface area contributed by atoms with Gasteiger partial charge in [-0.25, -0.2) is 0 Å². The van der Waals surface area contributed by atoms with Crippen molar-refractivity contribution in [2.75, 3.05) is 26.2 Å². The quantitative estimate of drug-likeness (QED) is 0.873. The van der Waals surface area contributed by atoms with Crippen molar-refractivity contribution in [3.05, 3.63) is 21.9 Å². The van der Waals surface area contributed by atoms with E-state index < -0.39 is 0 Å². The van der Waals surface area contributed by atoms with E-state index in [9.17, 15) is 4.79 Å². The van der Waals surface area contributed by atoms with E-state index in [2.05, 4.69) is 34.6 Å². The van der Waals surface area contributed by atoms with E-state index in [1.54, 1.807) is 0 Å². The summed E-state index contributed by atoms with van der Waals surface area (Å²) in [6.07, 6.45) is 5.61. The van der Waals surface area contributed by atoms with Crippen LogP contribution < -0.4 is 10.6 Å². The molecule has 4 nitrogen and oxygen atoms in total. The number of aryl methyl sites for hydroxylation is 1. The largest absolute Gasteiger partial charge is 0.353 e. The van der Waals surface area contributed by atoms with E-state index in [1.165, 1.54) is 29.0 Å². The molecule has 1 amide bonds. The lowest BCUT2D eigenvalue weighted by Crippen LogP contribution is -2.66. The molecule has 3 heterocycles. The Bertz CT molecular complexity index is 506. The zero-order valence-corrected chi connectivity index (χ0v) is 14.3. The third-order valence-electron chi connectivity index (χ3n) is 4.89. The molecule has 2 N–H and O–H groups in total. The highest BCUT2D eigenvalue weighted by Gasteiger charge is 2.42. The highest BCUT2D eigenvalue weighted by atomic mass is 32.1. The second kappa shape index (κ2) is 7.11. The molecule has 3 rings (SSSR count). The highest BCUT2D eigenvalue weighted by molar-refractivity contribution is 7.11. The van der Waals surface area contributed by atoms with Crippen LogP contribution in [-0.2, 0) is 17.8 Å². The average Bonchev–Trinajstić information content (AvgIpc) is 2.98. The summed E-state index contributed by atoms with van der Waals surface area (Å²) in [5.74, 6) is 0.205. The molecule has 0 unspecified atom stereocenters. The number of piperazine rings is 1. The van der Waals surface area contributed by atoms with Gasteiger partial charge in [-0.05, 0) is 37.8 Å². The number of nitrogens with one attached hydrogen (secondary N) is 2. The lowest BCUT2D eigenvalue weighted by molar-refractivity contribution is -0.131. The number of unbranched alkanes of at least 4 members (excludes halogenated alkanes) is 1. The Morgan fingerprint density at radius 2 is 2.00 bits per heavy atom. The molecule has 0 saturated carbocycles. The Labute approximate surface area is 137 Å². The Balaban J connectivity index is 1.51. The molecule has 2 fully saturated rings. The number of likely N-dealkylation sites (tertiary alicyclic amines) is 1. The van der Waals surface area contributed by atoms with Gasteiger partial charge in [-0.15, -0.1) is 11.3 Å². The van der Waals surface area contributed by atoms with Crippen LogP contribution in [0.25, 0.3) is 0 Å². The number of hydrogen-bond donors (Lipinski definition) is 2. The summed E-state index contributed by atoms with van der Waals surface area (Å²) >= 11 is 1.96. The maximum absolute atomic E-state index is 12.1. The summed E-state index contributed by atoms with van der Waals surface area (Å²) in [4.78, 5) is 17.6. The van der Waals surface area contributed by atoms with Gasteiger partial charge in [-0.1, -0.05) is 13.3 Å². The number of hydrogen-bond acceptors (Lipinski definition) is 4. The standard InChI is InChI=1S/C17H27N3OS/c1-2-3-4-14-5-6-15(22-14)13-20-11-7-17(8-12-20)16(21)18-9-10-19-17/h5-6,19H,2-4,7-13H2,1H3,(H,18,21). The van der Waals surface area contributed by atoms with E-state index in [-0.39, 0.29) is 11.4 Å². The molecule has 2 aliphatic rings. The molecule has 0 atom stereocenters. The fraction of sp³-hybridized carbons (Fsp3) is 0.706. The van der Waals surface area contributed by atoms with Gasteiger partial charge >= 0.3 is 0 Å². The van der Waals surface area contributed by atoms with Gasteiger partial charge in [0.2, 0.25) is 5.91 Å². The van der Waals surface area contributed by atoms with Crippen molar-refractivity contribution in [2.24, 2.45) is 0 Å². The highest BCUT2D eigenvalue weighted by Crippen LogP contribution is 2.27. The molecule has 0 radical (unpaired) electrons. The fourth-order valence-electron chi connectivity index (χ4n) is 3.44. The number of rotatable bonds is 5. The van der Waals surface area contributed by atoms with Crippen molar-refractivity contribution >= 4 is 17.2 Å². The fourth-order valence-corrected chi connectivity index (χ4v) is 4.54. The number of amides is 1. The third kappa shape index (κ3) is 3.53. The van der Waals surface area contributed by atoms with Crippen LogP contribution >= 0.6 is 11.3 Å². The molecule has 5 heteroatoms. The van der Waals surface area contributed by atoms with Gasteiger partial charge in [0.1, 0.15) is 5.54 Å². The van der Waals surface area contributed by atoms with Crippen molar-refractivity contribution in [3.63, 3.8) is 0 Å². The monoisotopic (exact) mass is 321 g/mol. The normalized spacial score (nSPS) is 22.0. The van der Waals surface area contributed by atoms with Crippen LogP contribution in [0.15, 0.2) is 12.1 Å². The molecule has 2 saturated heterocycles. The van der Waals surface area contributed by atoms with E-state index in [0.29, 0.717) is 0 Å². The first-order valence-corrected chi connectivity index (χ1v) is 9.37. The molecule has 1 spiro atoms. The number of carbonyl (C=O) groups excluding carboxylic acids is 1. The topological polar surface area (TPSA) is 44.4 Å². The summed E-state index contributed by atoms with van der Waals surface area (Å²) in [5, 5.41) is 6.47. The van der Waals surface area contributed by atoms with E-state index in [1.807, 2.05) is 11.3 Å². The van der Waals surface area contributed by atoms with Gasteiger partial charge in [0.15, 0.2) is 0 Å². The van der Waals surface area contributed by atoms with E-state index in [4.69, 9.17) is 0 Å². The zero-order chi connectivity index (χ0) is 15.4. The molecular formula is C17H27N3OS. The van der Waals surface area contributed by atoms with Gasteiger partial charge in [-0.3, -0.25) is 9.69 Å². The number of nitrogens with zero attached hydrogens (tertiary/aromatic N) is 1. The summed E-state index contributed by atoms with van der Waals surface area (Å²) in [6.45, 7) is 6.95. The van der Waals surface area contributed by atoms with E-state index >= 15 is 0 Å². The lowest BCUT2D eigenvalue weighted by atomic mass is 9.85. The number of thiophene rings is 1. The average molecular weight is 321 g/mol. The minimum atomic E-state index is -0.295. The summed E-state index contributed by atoms with van der Waals surface area (Å²) < 4.78 is 0. The van der Waals surface area contributed by atoms with Crippen LogP contribution in [-0.4, -0.2) is 42.5 Å². The number of carbonyl (C=O) groups is 1. The molecule has 0 aliphatic carbocycles. The predicted octanol–water partition coefficient (Wildman–Crippen LogP) is 2.14. The Morgan fingerprint density at radius 1 is 1.23 bits per heavy atom. The van der Waals surface area contributed by atoms with Gasteiger partial charge < -0.3 is 10.6 Å². The minimum Gasteiger partial charge on any atom is -0.353 e. The molecular weight excluding hydrogens is 294 g/mol. The number of piperidine rings is 1. The summed E-state index contributed by atoms with van der Waals surface area (Å²) in [5.41, 5.74) is -0.295. The smallest absolute Gasteiger partial charge is 0.240 e. The molecule has 22 heavy (non-hydrogen) atoms.